The smallest absolute Gasteiger partial charge is 0.291 e. The Bertz CT molecular complexity index is 1200. The predicted molar refractivity (Wildman–Crippen MR) is 110 cm³/mol. The highest BCUT2D eigenvalue weighted by Gasteiger charge is 2.23. The molecule has 0 fully saturated rings. The van der Waals surface area contributed by atoms with Gasteiger partial charge in [0.05, 0.1) is 23.2 Å². The lowest BCUT2D eigenvalue weighted by Gasteiger charge is -2.13. The van der Waals surface area contributed by atoms with Gasteiger partial charge in [0.2, 0.25) is 0 Å². The molecule has 6 heteroatoms. The van der Waals surface area contributed by atoms with Crippen LogP contribution in [-0.4, -0.2) is 11.6 Å². The van der Waals surface area contributed by atoms with Gasteiger partial charge in [-0.2, -0.15) is 0 Å². The van der Waals surface area contributed by atoms with Gasteiger partial charge in [-0.3, -0.25) is 10.2 Å². The Kier molecular flexibility index (Phi) is 4.83. The maximum absolute atomic E-state index is 15.4. The van der Waals surface area contributed by atoms with Crippen LogP contribution in [0.5, 0.6) is 0 Å². The third-order valence-electron chi connectivity index (χ3n) is 4.68. The van der Waals surface area contributed by atoms with Gasteiger partial charge in [-0.05, 0) is 35.0 Å². The first-order chi connectivity index (χ1) is 14.0. The van der Waals surface area contributed by atoms with Gasteiger partial charge >= 0.3 is 0 Å². The molecule has 0 saturated carbocycles. The van der Waals surface area contributed by atoms with E-state index >= 15 is 4.39 Å². The first kappa shape index (κ1) is 18.4. The van der Waals surface area contributed by atoms with E-state index in [1.807, 2.05) is 36.4 Å². The number of benzene rings is 2. The van der Waals surface area contributed by atoms with Crippen LogP contribution in [0.25, 0.3) is 10.8 Å². The van der Waals surface area contributed by atoms with Crippen molar-refractivity contribution in [1.29, 1.82) is 5.41 Å². The molecule has 4 N–H and O–H groups in total. The Balaban J connectivity index is 1.71. The zero-order chi connectivity index (χ0) is 20.4. The first-order valence-corrected chi connectivity index (χ1v) is 9.03. The standard InChI is InChI=1S/C23H18FN3O2/c24-21-18(27-23(28)19-9-4-12-29-19)8-3-7-17(25)20(21)22(26)16-11-10-14-5-1-2-6-15(14)13-16/h1-6,8-13,26H,7,25H2,(H,27,28). The molecule has 0 unspecified atom stereocenters. The normalized spacial score (nSPS) is 14.2. The van der Waals surface area contributed by atoms with Crippen molar-refractivity contribution in [2.45, 2.75) is 6.42 Å². The monoisotopic (exact) mass is 387 g/mol. The average molecular weight is 387 g/mol. The van der Waals surface area contributed by atoms with E-state index in [-0.39, 0.29) is 34.9 Å². The fourth-order valence-corrected chi connectivity index (χ4v) is 3.20. The maximum Gasteiger partial charge on any atom is 0.291 e. The van der Waals surface area contributed by atoms with Crippen LogP contribution in [0.2, 0.25) is 0 Å². The fourth-order valence-electron chi connectivity index (χ4n) is 3.20. The second kappa shape index (κ2) is 7.59. The summed E-state index contributed by atoms with van der Waals surface area (Å²) in [5, 5.41) is 13.1. The van der Waals surface area contributed by atoms with Crippen molar-refractivity contribution in [3.8, 4) is 0 Å². The largest absolute Gasteiger partial charge is 0.459 e. The molecule has 29 heavy (non-hydrogen) atoms. The molecule has 0 aliphatic heterocycles. The van der Waals surface area contributed by atoms with Crippen molar-refractivity contribution >= 4 is 22.4 Å². The van der Waals surface area contributed by atoms with Gasteiger partial charge in [0, 0.05) is 17.7 Å². The van der Waals surface area contributed by atoms with Crippen LogP contribution in [-0.2, 0) is 0 Å². The van der Waals surface area contributed by atoms with Gasteiger partial charge in [0.15, 0.2) is 11.6 Å². The molecule has 1 heterocycles. The number of hydrogen-bond donors (Lipinski definition) is 3. The van der Waals surface area contributed by atoms with Crippen LogP contribution in [0.15, 0.2) is 100 Å². The number of hydrogen-bond acceptors (Lipinski definition) is 4. The van der Waals surface area contributed by atoms with Gasteiger partial charge < -0.3 is 15.5 Å². The zero-order valence-corrected chi connectivity index (χ0v) is 15.4. The Hall–Kier alpha value is -3.93. The molecule has 0 atom stereocenters. The van der Waals surface area contributed by atoms with Crippen LogP contribution in [0.4, 0.5) is 4.39 Å². The van der Waals surface area contributed by atoms with Crippen LogP contribution >= 0.6 is 0 Å². The zero-order valence-electron chi connectivity index (χ0n) is 15.4. The quantitative estimate of drug-likeness (QED) is 0.572. The van der Waals surface area contributed by atoms with Gasteiger partial charge in [-0.25, -0.2) is 4.39 Å². The Morgan fingerprint density at radius 3 is 2.66 bits per heavy atom. The molecule has 144 valence electrons. The highest BCUT2D eigenvalue weighted by molar-refractivity contribution is 6.15. The van der Waals surface area contributed by atoms with E-state index in [4.69, 9.17) is 15.6 Å². The highest BCUT2D eigenvalue weighted by atomic mass is 19.1. The van der Waals surface area contributed by atoms with Crippen molar-refractivity contribution in [3.05, 3.63) is 107 Å². The molecular formula is C23H18FN3O2. The lowest BCUT2D eigenvalue weighted by Crippen LogP contribution is -2.23. The summed E-state index contributed by atoms with van der Waals surface area (Å²) in [7, 11) is 0. The van der Waals surface area contributed by atoms with Gasteiger partial charge in [0.1, 0.15) is 0 Å². The highest BCUT2D eigenvalue weighted by Crippen LogP contribution is 2.28. The third-order valence-corrected chi connectivity index (χ3v) is 4.68. The van der Waals surface area contributed by atoms with Gasteiger partial charge in [-0.15, -0.1) is 0 Å². The number of carbonyl (C=O) groups excluding carboxylic acids is 1. The number of halogens is 1. The topological polar surface area (TPSA) is 92.1 Å². The van der Waals surface area contributed by atoms with Crippen molar-refractivity contribution in [2.75, 3.05) is 0 Å². The number of amides is 1. The number of allylic oxidation sites excluding steroid dienone is 4. The molecule has 0 saturated heterocycles. The summed E-state index contributed by atoms with van der Waals surface area (Å²) in [4.78, 5) is 12.3. The second-order valence-corrected chi connectivity index (χ2v) is 6.60. The Morgan fingerprint density at radius 1 is 1.10 bits per heavy atom. The van der Waals surface area contributed by atoms with Gasteiger partial charge in [0.25, 0.3) is 5.91 Å². The van der Waals surface area contributed by atoms with Gasteiger partial charge in [-0.1, -0.05) is 42.5 Å². The van der Waals surface area contributed by atoms with E-state index in [0.29, 0.717) is 5.56 Å². The number of nitrogens with two attached hydrogens (primary N) is 1. The first-order valence-electron chi connectivity index (χ1n) is 9.03. The van der Waals surface area contributed by atoms with Crippen LogP contribution < -0.4 is 11.1 Å². The van der Waals surface area contributed by atoms with E-state index in [1.54, 1.807) is 18.2 Å². The van der Waals surface area contributed by atoms with Crippen molar-refractivity contribution in [2.24, 2.45) is 5.73 Å². The molecule has 4 rings (SSSR count). The molecule has 1 amide bonds. The van der Waals surface area contributed by atoms with Crippen molar-refractivity contribution in [1.82, 2.24) is 5.32 Å². The summed E-state index contributed by atoms with van der Waals surface area (Å²) in [6.07, 6.45) is 4.72. The summed E-state index contributed by atoms with van der Waals surface area (Å²) in [6.45, 7) is 0. The SMILES string of the molecule is N=C(C1=C(N)CC=CC(NC(=O)c2ccco2)=C1F)c1ccc2ccccc2c1. The van der Waals surface area contributed by atoms with Crippen LogP contribution in [0.3, 0.4) is 0 Å². The fraction of sp³-hybridized carbons (Fsp3) is 0.0435. The lowest BCUT2D eigenvalue weighted by molar-refractivity contribution is 0.0939. The summed E-state index contributed by atoms with van der Waals surface area (Å²) in [6, 6.07) is 16.3. The molecule has 0 spiro atoms. The number of rotatable bonds is 4. The van der Waals surface area contributed by atoms with Crippen LogP contribution in [0, 0.1) is 5.41 Å². The van der Waals surface area contributed by atoms with Crippen molar-refractivity contribution < 1.29 is 13.6 Å². The van der Waals surface area contributed by atoms with E-state index < -0.39 is 11.7 Å². The number of fused-ring (bicyclic) bond motifs is 1. The average Bonchev–Trinajstić information content (AvgIpc) is 3.23. The molecule has 1 aromatic heterocycles. The van der Waals surface area contributed by atoms with E-state index in [0.717, 1.165) is 10.8 Å². The minimum atomic E-state index is -0.755. The molecule has 5 nitrogen and oxygen atoms in total. The molecule has 3 aromatic rings. The number of nitrogens with one attached hydrogen (secondary N) is 2. The van der Waals surface area contributed by atoms with E-state index in [1.165, 1.54) is 18.4 Å². The molecule has 1 aliphatic carbocycles. The summed E-state index contributed by atoms with van der Waals surface area (Å²) in [5.74, 6) is -1.28. The summed E-state index contributed by atoms with van der Waals surface area (Å²) >= 11 is 0. The Labute approximate surface area is 166 Å². The van der Waals surface area contributed by atoms with E-state index in [9.17, 15) is 4.79 Å². The lowest BCUT2D eigenvalue weighted by atomic mass is 9.96. The maximum atomic E-state index is 15.4. The molecule has 2 aromatic carbocycles. The number of carbonyl (C=O) groups is 1. The number of furan rings is 1. The third kappa shape index (κ3) is 3.60. The molecule has 0 radical (unpaired) electrons. The molecule has 1 aliphatic rings. The Morgan fingerprint density at radius 2 is 1.90 bits per heavy atom. The minimum absolute atomic E-state index is 0.0278. The van der Waals surface area contributed by atoms with E-state index in [2.05, 4.69) is 5.32 Å². The summed E-state index contributed by atoms with van der Waals surface area (Å²) < 4.78 is 20.4. The van der Waals surface area contributed by atoms with Crippen LogP contribution in [0.1, 0.15) is 22.5 Å². The summed E-state index contributed by atoms with van der Waals surface area (Å²) in [5.41, 5.74) is 6.72. The predicted octanol–water partition coefficient (Wildman–Crippen LogP) is 4.58. The van der Waals surface area contributed by atoms with Crippen molar-refractivity contribution in [3.63, 3.8) is 0 Å². The molecule has 0 bridgehead atoms. The minimum Gasteiger partial charge on any atom is -0.459 e. The molecular weight excluding hydrogens is 369 g/mol. The second-order valence-electron chi connectivity index (χ2n) is 6.60.